The highest BCUT2D eigenvalue weighted by Crippen LogP contribution is 2.41. The second-order valence-corrected chi connectivity index (χ2v) is 7.48. The highest BCUT2D eigenvalue weighted by molar-refractivity contribution is 5.92. The van der Waals surface area contributed by atoms with Gasteiger partial charge in [0.25, 0.3) is 0 Å². The van der Waals surface area contributed by atoms with Crippen molar-refractivity contribution < 1.29 is 23.7 Å². The smallest absolute Gasteiger partial charge is 0.244 e. The van der Waals surface area contributed by atoms with Gasteiger partial charge in [0, 0.05) is 18.1 Å². The molecule has 1 N–H and O–H groups in total. The summed E-state index contributed by atoms with van der Waals surface area (Å²) in [5.74, 6) is 2.74. The van der Waals surface area contributed by atoms with Crippen LogP contribution in [-0.4, -0.2) is 25.4 Å². The first-order chi connectivity index (χ1) is 13.4. The lowest BCUT2D eigenvalue weighted by atomic mass is 9.89. The van der Waals surface area contributed by atoms with Crippen molar-refractivity contribution in [3.8, 4) is 23.0 Å². The molecule has 6 nitrogen and oxygen atoms in total. The first-order valence-electron chi connectivity index (χ1n) is 9.19. The molecule has 0 bridgehead atoms. The number of benzene rings is 2. The molecule has 2 heterocycles. The van der Waals surface area contributed by atoms with E-state index in [1.807, 2.05) is 50.2 Å². The van der Waals surface area contributed by atoms with Crippen LogP contribution in [0.2, 0.25) is 0 Å². The molecule has 2 aromatic rings. The van der Waals surface area contributed by atoms with Crippen LogP contribution in [0, 0.1) is 0 Å². The van der Waals surface area contributed by atoms with E-state index in [1.165, 1.54) is 6.08 Å². The molecule has 0 aliphatic carbocycles. The Bertz CT molecular complexity index is 935. The molecule has 0 fully saturated rings. The van der Waals surface area contributed by atoms with Gasteiger partial charge in [0.05, 0.1) is 13.2 Å². The summed E-state index contributed by atoms with van der Waals surface area (Å²) < 4.78 is 22.0. The number of rotatable bonds is 4. The van der Waals surface area contributed by atoms with Crippen molar-refractivity contribution in [1.82, 2.24) is 5.32 Å². The fraction of sp³-hybridized carbons (Fsp3) is 0.318. The Morgan fingerprint density at radius 1 is 1.14 bits per heavy atom. The van der Waals surface area contributed by atoms with Crippen molar-refractivity contribution in [3.05, 3.63) is 53.6 Å². The van der Waals surface area contributed by atoms with Crippen LogP contribution < -0.4 is 24.3 Å². The Labute approximate surface area is 164 Å². The van der Waals surface area contributed by atoms with E-state index in [4.69, 9.17) is 18.9 Å². The van der Waals surface area contributed by atoms with E-state index in [0.717, 1.165) is 28.4 Å². The number of carbonyl (C=O) groups excluding carboxylic acids is 1. The van der Waals surface area contributed by atoms with Crippen LogP contribution in [0.1, 0.15) is 37.4 Å². The number of hydrogen-bond donors (Lipinski definition) is 1. The largest absolute Gasteiger partial charge is 0.497 e. The third-order valence-electron chi connectivity index (χ3n) is 4.81. The zero-order valence-corrected chi connectivity index (χ0v) is 16.2. The van der Waals surface area contributed by atoms with Crippen molar-refractivity contribution in [2.45, 2.75) is 31.9 Å². The molecule has 0 saturated carbocycles. The van der Waals surface area contributed by atoms with Gasteiger partial charge >= 0.3 is 0 Å². The molecule has 0 radical (unpaired) electrons. The Balaban J connectivity index is 1.51. The summed E-state index contributed by atoms with van der Waals surface area (Å²) in [5.41, 5.74) is 1.41. The highest BCUT2D eigenvalue weighted by Gasteiger charge is 2.34. The van der Waals surface area contributed by atoms with Crippen LogP contribution in [0.15, 0.2) is 42.5 Å². The third-order valence-corrected chi connectivity index (χ3v) is 4.81. The maximum Gasteiger partial charge on any atom is 0.244 e. The van der Waals surface area contributed by atoms with Gasteiger partial charge in [-0.05, 0) is 55.8 Å². The molecule has 146 valence electrons. The first kappa shape index (κ1) is 18.2. The van der Waals surface area contributed by atoms with Crippen molar-refractivity contribution in [3.63, 3.8) is 0 Å². The minimum atomic E-state index is -0.374. The van der Waals surface area contributed by atoms with Crippen molar-refractivity contribution in [2.24, 2.45) is 0 Å². The van der Waals surface area contributed by atoms with Gasteiger partial charge in [-0.1, -0.05) is 6.07 Å². The molecule has 1 atom stereocenters. The lowest BCUT2D eigenvalue weighted by Gasteiger charge is -2.37. The van der Waals surface area contributed by atoms with Crippen LogP contribution in [0.25, 0.3) is 6.08 Å². The zero-order chi connectivity index (χ0) is 19.7. The van der Waals surface area contributed by atoms with E-state index < -0.39 is 0 Å². The van der Waals surface area contributed by atoms with E-state index in [1.54, 1.807) is 13.2 Å². The highest BCUT2D eigenvalue weighted by atomic mass is 16.7. The molecule has 0 unspecified atom stereocenters. The van der Waals surface area contributed by atoms with Gasteiger partial charge < -0.3 is 24.3 Å². The van der Waals surface area contributed by atoms with Gasteiger partial charge in [-0.25, -0.2) is 0 Å². The number of methoxy groups -OCH3 is 1. The predicted molar refractivity (Wildman–Crippen MR) is 105 cm³/mol. The second-order valence-electron chi connectivity index (χ2n) is 7.48. The van der Waals surface area contributed by atoms with Crippen LogP contribution in [0.4, 0.5) is 0 Å². The number of hydrogen-bond acceptors (Lipinski definition) is 5. The number of fused-ring (bicyclic) bond motifs is 2. The topological polar surface area (TPSA) is 66.0 Å². The summed E-state index contributed by atoms with van der Waals surface area (Å²) in [6.07, 6.45) is 3.95. The number of nitrogens with one attached hydrogen (secondary N) is 1. The monoisotopic (exact) mass is 381 g/mol. The summed E-state index contributed by atoms with van der Waals surface area (Å²) in [6, 6.07) is 11.1. The summed E-state index contributed by atoms with van der Waals surface area (Å²) in [6.45, 7) is 4.26. The number of carbonyl (C=O) groups is 1. The van der Waals surface area contributed by atoms with Crippen molar-refractivity contribution in [2.75, 3.05) is 13.9 Å². The lowest BCUT2D eigenvalue weighted by Crippen LogP contribution is -2.40. The molecular formula is C22H23NO5. The van der Waals surface area contributed by atoms with Gasteiger partial charge in [-0.3, -0.25) is 4.79 Å². The number of ether oxygens (including phenoxy) is 4. The van der Waals surface area contributed by atoms with Crippen LogP contribution in [0.5, 0.6) is 23.0 Å². The average Bonchev–Trinajstić information content (AvgIpc) is 3.13. The maximum absolute atomic E-state index is 12.6. The standard InChI is InChI=1S/C22H23NO5/c1-22(2)12-17(16-11-15(25-3)6-8-18(16)28-22)23-21(24)9-5-14-4-7-19-20(10-14)27-13-26-19/h4-11,17H,12-13H2,1-3H3,(H,23,24)/b9-5+/t17-/m0/s1. The normalized spacial score (nSPS) is 19.0. The molecule has 28 heavy (non-hydrogen) atoms. The SMILES string of the molecule is COc1ccc2c(c1)[C@@H](NC(=O)/C=C/c1ccc3c(c1)OCO3)CC(C)(C)O2. The van der Waals surface area contributed by atoms with Crippen LogP contribution in [-0.2, 0) is 4.79 Å². The molecule has 0 spiro atoms. The first-order valence-corrected chi connectivity index (χ1v) is 9.19. The van der Waals surface area contributed by atoms with Gasteiger partial charge in [-0.2, -0.15) is 0 Å². The van der Waals surface area contributed by atoms with E-state index in [9.17, 15) is 4.79 Å². The Morgan fingerprint density at radius 2 is 1.93 bits per heavy atom. The molecule has 6 heteroatoms. The lowest BCUT2D eigenvalue weighted by molar-refractivity contribution is -0.117. The Kier molecular flexibility index (Phi) is 4.63. The Morgan fingerprint density at radius 3 is 2.75 bits per heavy atom. The minimum Gasteiger partial charge on any atom is -0.497 e. The maximum atomic E-state index is 12.6. The van der Waals surface area contributed by atoms with Crippen molar-refractivity contribution in [1.29, 1.82) is 0 Å². The number of amides is 1. The summed E-state index contributed by atoms with van der Waals surface area (Å²) >= 11 is 0. The van der Waals surface area contributed by atoms with Gasteiger partial charge in [0.2, 0.25) is 12.7 Å². The van der Waals surface area contributed by atoms with Gasteiger partial charge in [0.1, 0.15) is 17.1 Å². The third kappa shape index (κ3) is 3.76. The molecule has 4 rings (SSSR count). The molecule has 2 aromatic carbocycles. The molecular weight excluding hydrogens is 358 g/mol. The summed E-state index contributed by atoms with van der Waals surface area (Å²) in [5, 5.41) is 3.09. The van der Waals surface area contributed by atoms with Gasteiger partial charge in [-0.15, -0.1) is 0 Å². The predicted octanol–water partition coefficient (Wildman–Crippen LogP) is 3.86. The minimum absolute atomic E-state index is 0.164. The molecule has 2 aliphatic rings. The average molecular weight is 381 g/mol. The zero-order valence-electron chi connectivity index (χ0n) is 16.2. The van der Waals surface area contributed by atoms with E-state index in [-0.39, 0.29) is 24.3 Å². The molecule has 2 aliphatic heterocycles. The Hall–Kier alpha value is -3.15. The van der Waals surface area contributed by atoms with E-state index >= 15 is 0 Å². The second kappa shape index (κ2) is 7.11. The van der Waals surface area contributed by atoms with Crippen molar-refractivity contribution >= 4 is 12.0 Å². The molecule has 0 saturated heterocycles. The fourth-order valence-corrected chi connectivity index (χ4v) is 3.50. The van der Waals surface area contributed by atoms with E-state index in [0.29, 0.717) is 12.2 Å². The van der Waals surface area contributed by atoms with Crippen LogP contribution in [0.3, 0.4) is 0 Å². The molecule has 1 amide bonds. The quantitative estimate of drug-likeness (QED) is 0.815. The van der Waals surface area contributed by atoms with Gasteiger partial charge in [0.15, 0.2) is 11.5 Å². The summed E-state index contributed by atoms with van der Waals surface area (Å²) in [7, 11) is 1.62. The summed E-state index contributed by atoms with van der Waals surface area (Å²) in [4.78, 5) is 12.6. The molecule has 0 aromatic heterocycles. The van der Waals surface area contributed by atoms with E-state index in [2.05, 4.69) is 5.32 Å². The fourth-order valence-electron chi connectivity index (χ4n) is 3.50. The van der Waals surface area contributed by atoms with Crippen LogP contribution >= 0.6 is 0 Å².